The highest BCUT2D eigenvalue weighted by molar-refractivity contribution is 8.06. The topological polar surface area (TPSA) is 73.5 Å². The van der Waals surface area contributed by atoms with Crippen molar-refractivity contribution in [3.63, 3.8) is 0 Å². The maximum Gasteiger partial charge on any atom is 0.435 e. The van der Waals surface area contributed by atoms with Gasteiger partial charge in [-0.1, -0.05) is 28.9 Å². The Morgan fingerprint density at radius 3 is 2.54 bits per heavy atom. The summed E-state index contributed by atoms with van der Waals surface area (Å²) in [5.74, 6) is -0.520. The van der Waals surface area contributed by atoms with Gasteiger partial charge in [-0.2, -0.15) is 18.3 Å². The van der Waals surface area contributed by atoms with Gasteiger partial charge in [0.25, 0.3) is 0 Å². The van der Waals surface area contributed by atoms with E-state index in [0.717, 1.165) is 16.8 Å². The zero-order chi connectivity index (χ0) is 18.3. The van der Waals surface area contributed by atoms with Crippen molar-refractivity contribution in [1.82, 2.24) is 9.78 Å². The third-order valence-corrected chi connectivity index (χ3v) is 5.23. The molecule has 134 valence electrons. The van der Waals surface area contributed by atoms with E-state index in [2.05, 4.69) is 10.3 Å². The highest BCUT2D eigenvalue weighted by atomic mass is 35.5. The van der Waals surface area contributed by atoms with Crippen LogP contribution >= 0.6 is 11.6 Å². The van der Waals surface area contributed by atoms with Crippen LogP contribution in [0.5, 0.6) is 0 Å². The van der Waals surface area contributed by atoms with Gasteiger partial charge in [0.05, 0.1) is 5.75 Å². The van der Waals surface area contributed by atoms with Crippen molar-refractivity contribution in [2.45, 2.75) is 32.0 Å². The predicted molar refractivity (Wildman–Crippen MR) is 83.3 cm³/mol. The normalized spacial score (nSPS) is 18.0. The van der Waals surface area contributed by atoms with Crippen molar-refractivity contribution >= 4 is 32.6 Å². The van der Waals surface area contributed by atoms with E-state index in [1.165, 1.54) is 7.05 Å². The number of sulfone groups is 1. The van der Waals surface area contributed by atoms with Crippen LogP contribution in [-0.2, 0) is 27.9 Å². The lowest BCUT2D eigenvalue weighted by Crippen LogP contribution is -2.23. The average molecular weight is 386 g/mol. The fourth-order valence-corrected chi connectivity index (χ4v) is 3.49. The standard InChI is InChI=1S/C13H15ClF3N3O3S/c1-12(2)7-9(19-23-12)24(21,22)6-4-5-8-10(13(15,16)17)18-20(3)11(8)14/h4-5H,6-7H2,1-3H3. The molecule has 2 rings (SSSR count). The molecular weight excluding hydrogens is 371 g/mol. The highest BCUT2D eigenvalue weighted by Crippen LogP contribution is 2.35. The number of hydrogen-bond acceptors (Lipinski definition) is 5. The first-order valence-corrected chi connectivity index (χ1v) is 8.80. The Bertz CT molecular complexity index is 810. The second kappa shape index (κ2) is 6.07. The molecule has 0 bridgehead atoms. The van der Waals surface area contributed by atoms with E-state index < -0.39 is 33.1 Å². The number of alkyl halides is 3. The second-order valence-electron chi connectivity index (χ2n) is 5.87. The molecule has 0 radical (unpaired) electrons. The van der Waals surface area contributed by atoms with Crippen LogP contribution < -0.4 is 0 Å². The van der Waals surface area contributed by atoms with E-state index in [1.54, 1.807) is 13.8 Å². The Morgan fingerprint density at radius 2 is 2.04 bits per heavy atom. The van der Waals surface area contributed by atoms with Gasteiger partial charge in [-0.25, -0.2) is 8.42 Å². The largest absolute Gasteiger partial charge is 0.435 e. The summed E-state index contributed by atoms with van der Waals surface area (Å²) in [6, 6.07) is 0. The molecule has 0 aliphatic carbocycles. The molecular formula is C13H15ClF3N3O3S. The van der Waals surface area contributed by atoms with E-state index in [-0.39, 0.29) is 22.2 Å². The Morgan fingerprint density at radius 1 is 1.42 bits per heavy atom. The summed E-state index contributed by atoms with van der Waals surface area (Å²) in [5, 5.41) is 6.47. The van der Waals surface area contributed by atoms with E-state index >= 15 is 0 Å². The first kappa shape index (κ1) is 18.8. The molecule has 2 heterocycles. The van der Waals surface area contributed by atoms with Gasteiger partial charge in [-0.3, -0.25) is 4.68 Å². The maximum atomic E-state index is 12.9. The van der Waals surface area contributed by atoms with E-state index in [4.69, 9.17) is 16.4 Å². The van der Waals surface area contributed by atoms with Crippen molar-refractivity contribution < 1.29 is 26.4 Å². The van der Waals surface area contributed by atoms with Crippen LogP contribution in [0.1, 0.15) is 31.5 Å². The van der Waals surface area contributed by atoms with Crippen LogP contribution in [0.15, 0.2) is 11.2 Å². The van der Waals surface area contributed by atoms with Crippen LogP contribution in [0, 0.1) is 0 Å². The van der Waals surface area contributed by atoms with E-state index in [0.29, 0.717) is 0 Å². The third-order valence-electron chi connectivity index (χ3n) is 3.21. The summed E-state index contributed by atoms with van der Waals surface area (Å²) >= 11 is 5.79. The van der Waals surface area contributed by atoms with Crippen LogP contribution in [0.4, 0.5) is 13.2 Å². The lowest BCUT2D eigenvalue weighted by Gasteiger charge is -2.12. The molecule has 1 aliphatic heterocycles. The number of rotatable bonds is 3. The average Bonchev–Trinajstić information content (AvgIpc) is 2.92. The Kier molecular flexibility index (Phi) is 4.75. The molecule has 24 heavy (non-hydrogen) atoms. The third kappa shape index (κ3) is 3.92. The van der Waals surface area contributed by atoms with Crippen LogP contribution in [0.3, 0.4) is 0 Å². The van der Waals surface area contributed by atoms with Crippen LogP contribution in [0.25, 0.3) is 6.08 Å². The van der Waals surface area contributed by atoms with Gasteiger partial charge in [0.2, 0.25) is 0 Å². The van der Waals surface area contributed by atoms with Gasteiger partial charge in [-0.05, 0) is 13.8 Å². The molecule has 0 unspecified atom stereocenters. The Hall–Kier alpha value is -1.55. The predicted octanol–water partition coefficient (Wildman–Crippen LogP) is 3.03. The minimum atomic E-state index is -4.70. The molecule has 0 fully saturated rings. The van der Waals surface area contributed by atoms with Crippen molar-refractivity contribution in [2.24, 2.45) is 12.2 Å². The molecule has 1 aromatic heterocycles. The van der Waals surface area contributed by atoms with Crippen LogP contribution in [0.2, 0.25) is 5.15 Å². The number of aryl methyl sites for hydroxylation is 1. The first-order valence-electron chi connectivity index (χ1n) is 6.77. The SMILES string of the molecule is Cn1nc(C(F)(F)F)c(C=CCS(=O)(=O)C2=NOC(C)(C)C2)c1Cl. The monoisotopic (exact) mass is 385 g/mol. The molecule has 0 spiro atoms. The number of halogens is 4. The highest BCUT2D eigenvalue weighted by Gasteiger charge is 2.38. The summed E-state index contributed by atoms with van der Waals surface area (Å²) in [5.41, 5.74) is -2.28. The zero-order valence-corrected chi connectivity index (χ0v) is 14.6. The van der Waals surface area contributed by atoms with Gasteiger partial charge in [0, 0.05) is 19.0 Å². The Balaban J connectivity index is 2.21. The summed E-state index contributed by atoms with van der Waals surface area (Å²) < 4.78 is 63.9. The minimum Gasteiger partial charge on any atom is -0.389 e. The first-order chi connectivity index (χ1) is 10.8. The van der Waals surface area contributed by atoms with Gasteiger partial charge >= 0.3 is 6.18 Å². The summed E-state index contributed by atoms with van der Waals surface area (Å²) in [6.07, 6.45) is -2.51. The van der Waals surface area contributed by atoms with E-state index in [1.807, 2.05) is 0 Å². The molecule has 0 saturated heterocycles. The molecule has 0 saturated carbocycles. The van der Waals surface area contributed by atoms with Crippen molar-refractivity contribution in [3.05, 3.63) is 22.5 Å². The van der Waals surface area contributed by atoms with Crippen molar-refractivity contribution in [1.29, 1.82) is 0 Å². The van der Waals surface area contributed by atoms with Crippen molar-refractivity contribution in [2.75, 3.05) is 5.75 Å². The fourth-order valence-electron chi connectivity index (χ4n) is 2.04. The van der Waals surface area contributed by atoms with Gasteiger partial charge in [0.1, 0.15) is 10.8 Å². The summed E-state index contributed by atoms with van der Waals surface area (Å²) in [4.78, 5) is 4.99. The minimum absolute atomic E-state index is 0.102. The molecule has 11 heteroatoms. The molecule has 1 aliphatic rings. The summed E-state index contributed by atoms with van der Waals surface area (Å²) in [7, 11) is -2.51. The number of oxime groups is 1. The number of aromatic nitrogens is 2. The van der Waals surface area contributed by atoms with Gasteiger partial charge < -0.3 is 4.84 Å². The second-order valence-corrected chi connectivity index (χ2v) is 8.26. The zero-order valence-electron chi connectivity index (χ0n) is 13.1. The lowest BCUT2D eigenvalue weighted by molar-refractivity contribution is -0.141. The fraction of sp³-hybridized carbons (Fsp3) is 0.538. The molecule has 0 amide bonds. The van der Waals surface area contributed by atoms with Crippen LogP contribution in [-0.4, -0.2) is 34.6 Å². The molecule has 0 atom stereocenters. The maximum absolute atomic E-state index is 12.9. The van der Waals surface area contributed by atoms with E-state index in [9.17, 15) is 21.6 Å². The molecule has 1 aromatic rings. The van der Waals surface area contributed by atoms with Gasteiger partial charge in [-0.15, -0.1) is 0 Å². The lowest BCUT2D eigenvalue weighted by atomic mass is 10.1. The Labute approximate surface area is 141 Å². The molecule has 6 nitrogen and oxygen atoms in total. The smallest absolute Gasteiger partial charge is 0.389 e. The van der Waals surface area contributed by atoms with Crippen molar-refractivity contribution in [3.8, 4) is 0 Å². The van der Waals surface area contributed by atoms with Gasteiger partial charge in [0.15, 0.2) is 20.6 Å². The molecule has 0 N–H and O–H groups in total. The number of hydrogen-bond donors (Lipinski definition) is 0. The number of nitrogens with zero attached hydrogens (tertiary/aromatic N) is 3. The quantitative estimate of drug-likeness (QED) is 0.801. The summed E-state index contributed by atoms with van der Waals surface area (Å²) in [6.45, 7) is 3.36. The molecule has 0 aromatic carbocycles.